The molecule has 0 bridgehead atoms. The molecule has 0 radical (unpaired) electrons. The van der Waals surface area contributed by atoms with E-state index in [1.165, 1.54) is 5.56 Å². The number of methoxy groups -OCH3 is 1. The fourth-order valence-electron chi connectivity index (χ4n) is 4.82. The summed E-state index contributed by atoms with van der Waals surface area (Å²) in [5.41, 5.74) is 4.91. The number of nitrogens with zero attached hydrogens (tertiary/aromatic N) is 1. The van der Waals surface area contributed by atoms with Crippen molar-refractivity contribution in [3.8, 4) is 16.9 Å². The number of H-pyrrole nitrogens is 1. The summed E-state index contributed by atoms with van der Waals surface area (Å²) in [5.74, 6) is 1.81. The number of benzene rings is 1. The van der Waals surface area contributed by atoms with Gasteiger partial charge in [0.1, 0.15) is 5.75 Å². The van der Waals surface area contributed by atoms with Crippen LogP contribution in [0.25, 0.3) is 11.1 Å². The maximum atomic E-state index is 13.1. The maximum absolute atomic E-state index is 13.1. The number of aromatic amines is 1. The number of hydrogen-bond acceptors (Lipinski definition) is 3. The molecule has 2 N–H and O–H groups in total. The van der Waals surface area contributed by atoms with Crippen molar-refractivity contribution in [2.45, 2.75) is 51.5 Å². The lowest BCUT2D eigenvalue weighted by atomic mass is 9.76. The number of hydrogen-bond donors (Lipinski definition) is 2. The Morgan fingerprint density at radius 3 is 2.65 bits per heavy atom. The van der Waals surface area contributed by atoms with Gasteiger partial charge < -0.3 is 15.0 Å². The molecule has 0 spiro atoms. The average Bonchev–Trinajstić information content (AvgIpc) is 3.29. The fraction of sp³-hybridized carbons (Fsp3) is 0.385. The number of para-hydroxylation sites is 1. The minimum absolute atomic E-state index is 0.0402. The molecule has 162 valence electrons. The van der Waals surface area contributed by atoms with E-state index in [1.54, 1.807) is 13.3 Å². The molecule has 2 heterocycles. The molecule has 1 aromatic carbocycles. The van der Waals surface area contributed by atoms with Crippen molar-refractivity contribution in [2.75, 3.05) is 7.11 Å². The highest BCUT2D eigenvalue weighted by molar-refractivity contribution is 6.01. The lowest BCUT2D eigenvalue weighted by Crippen LogP contribution is -2.39. The van der Waals surface area contributed by atoms with Crippen LogP contribution in [0.2, 0.25) is 0 Å². The number of rotatable bonds is 6. The van der Waals surface area contributed by atoms with Crippen molar-refractivity contribution in [3.05, 3.63) is 71.8 Å². The molecule has 1 unspecified atom stereocenters. The lowest BCUT2D eigenvalue weighted by Gasteiger charge is -2.33. The van der Waals surface area contributed by atoms with Crippen molar-refractivity contribution in [1.82, 2.24) is 15.3 Å². The maximum Gasteiger partial charge on any atom is 0.253 e. The summed E-state index contributed by atoms with van der Waals surface area (Å²) in [7, 11) is 1.65. The fourth-order valence-corrected chi connectivity index (χ4v) is 4.82. The van der Waals surface area contributed by atoms with Crippen LogP contribution in [-0.2, 0) is 0 Å². The summed E-state index contributed by atoms with van der Waals surface area (Å²) in [6.07, 6.45) is 10.1. The Bertz CT molecular complexity index is 1030. The zero-order chi connectivity index (χ0) is 21.8. The van der Waals surface area contributed by atoms with E-state index in [2.05, 4.69) is 34.3 Å². The van der Waals surface area contributed by atoms with Gasteiger partial charge in [-0.3, -0.25) is 9.78 Å². The summed E-state index contributed by atoms with van der Waals surface area (Å²) >= 11 is 0. The molecule has 5 heteroatoms. The molecule has 1 aliphatic rings. The average molecular weight is 418 g/mol. The van der Waals surface area contributed by atoms with Crippen LogP contribution in [0, 0.1) is 12.8 Å². The molecule has 0 saturated heterocycles. The largest absolute Gasteiger partial charge is 0.496 e. The molecule has 0 aliphatic heterocycles. The number of pyridine rings is 1. The summed E-state index contributed by atoms with van der Waals surface area (Å²) in [6, 6.07) is 12.3. The molecule has 1 saturated carbocycles. The third-order valence-corrected chi connectivity index (χ3v) is 6.62. The number of nitrogens with one attached hydrogen (secondary N) is 2. The van der Waals surface area contributed by atoms with Crippen LogP contribution in [0.15, 0.2) is 55.0 Å². The number of carbonyl (C=O) groups is 1. The summed E-state index contributed by atoms with van der Waals surface area (Å²) in [5, 5.41) is 3.25. The monoisotopic (exact) mass is 417 g/mol. The highest BCUT2D eigenvalue weighted by Gasteiger charge is 2.28. The standard InChI is InChI=1S/C26H31N3O2/c1-17-14-21(12-13-28-17)20-10-8-19(9-11-20)18(2)29-26(30)24-16-27-15-23(24)22-6-4-5-7-25(22)31-3/h4-7,12-16,18-20,27H,8-11H2,1-3H3,(H,29,30). The van der Waals surface area contributed by atoms with E-state index in [9.17, 15) is 4.79 Å². The van der Waals surface area contributed by atoms with Gasteiger partial charge in [0.2, 0.25) is 0 Å². The van der Waals surface area contributed by atoms with Crippen molar-refractivity contribution in [1.29, 1.82) is 0 Å². The molecule has 1 atom stereocenters. The summed E-state index contributed by atoms with van der Waals surface area (Å²) < 4.78 is 5.48. The number of aromatic nitrogens is 2. The predicted octanol–water partition coefficient (Wildman–Crippen LogP) is 5.49. The van der Waals surface area contributed by atoms with Gasteiger partial charge in [-0.1, -0.05) is 18.2 Å². The van der Waals surface area contributed by atoms with E-state index in [4.69, 9.17) is 4.74 Å². The van der Waals surface area contributed by atoms with Crippen LogP contribution in [0.3, 0.4) is 0 Å². The minimum Gasteiger partial charge on any atom is -0.496 e. The second-order valence-corrected chi connectivity index (χ2v) is 8.59. The van der Waals surface area contributed by atoms with E-state index in [-0.39, 0.29) is 11.9 Å². The first-order valence-corrected chi connectivity index (χ1v) is 11.1. The first-order chi connectivity index (χ1) is 15.1. The third kappa shape index (κ3) is 4.66. The summed E-state index contributed by atoms with van der Waals surface area (Å²) in [6.45, 7) is 4.18. The van der Waals surface area contributed by atoms with Gasteiger partial charge in [0, 0.05) is 41.5 Å². The number of amides is 1. The topological polar surface area (TPSA) is 67.0 Å². The minimum atomic E-state index is -0.0402. The lowest BCUT2D eigenvalue weighted by molar-refractivity contribution is 0.0918. The first-order valence-electron chi connectivity index (χ1n) is 11.1. The van der Waals surface area contributed by atoms with Gasteiger partial charge in [-0.25, -0.2) is 0 Å². The quantitative estimate of drug-likeness (QED) is 0.558. The smallest absolute Gasteiger partial charge is 0.253 e. The molecule has 2 aromatic heterocycles. The van der Waals surface area contributed by atoms with Crippen LogP contribution in [0.5, 0.6) is 5.75 Å². The molecule has 3 aromatic rings. The van der Waals surface area contributed by atoms with Crippen LogP contribution < -0.4 is 10.1 Å². The zero-order valence-corrected chi connectivity index (χ0v) is 18.5. The summed E-state index contributed by atoms with van der Waals surface area (Å²) in [4.78, 5) is 20.5. The number of carbonyl (C=O) groups excluding carboxylic acids is 1. The predicted molar refractivity (Wildman–Crippen MR) is 123 cm³/mol. The van der Waals surface area contributed by atoms with Gasteiger partial charge in [0.05, 0.1) is 12.7 Å². The van der Waals surface area contributed by atoms with Crippen LogP contribution >= 0.6 is 0 Å². The van der Waals surface area contributed by atoms with Gasteiger partial charge in [0.15, 0.2) is 0 Å². The van der Waals surface area contributed by atoms with Crippen LogP contribution in [0.1, 0.15) is 60.1 Å². The molecule has 1 fully saturated rings. The van der Waals surface area contributed by atoms with Crippen LogP contribution in [0.4, 0.5) is 0 Å². The Kier molecular flexibility index (Phi) is 6.40. The Hall–Kier alpha value is -3.08. The van der Waals surface area contributed by atoms with Gasteiger partial charge >= 0.3 is 0 Å². The van der Waals surface area contributed by atoms with Gasteiger partial charge in [-0.05, 0) is 75.1 Å². The normalized spacial score (nSPS) is 19.6. The molecule has 1 aliphatic carbocycles. The Labute approximate surface area is 184 Å². The molecule has 4 rings (SSSR count). The van der Waals surface area contributed by atoms with Crippen molar-refractivity contribution in [3.63, 3.8) is 0 Å². The van der Waals surface area contributed by atoms with Crippen LogP contribution in [-0.4, -0.2) is 29.0 Å². The van der Waals surface area contributed by atoms with E-state index < -0.39 is 0 Å². The third-order valence-electron chi connectivity index (χ3n) is 6.62. The SMILES string of the molecule is COc1ccccc1-c1c[nH]cc1C(=O)NC(C)C1CCC(c2ccnc(C)c2)CC1. The Morgan fingerprint density at radius 2 is 1.90 bits per heavy atom. The second-order valence-electron chi connectivity index (χ2n) is 8.59. The highest BCUT2D eigenvalue weighted by Crippen LogP contribution is 2.37. The number of ether oxygens (including phenoxy) is 1. The van der Waals surface area contributed by atoms with Gasteiger partial charge in [-0.15, -0.1) is 0 Å². The van der Waals surface area contributed by atoms with Crippen molar-refractivity contribution >= 4 is 5.91 Å². The van der Waals surface area contributed by atoms with Gasteiger partial charge in [0.25, 0.3) is 5.91 Å². The van der Waals surface area contributed by atoms with E-state index in [0.717, 1.165) is 48.3 Å². The molecule has 1 amide bonds. The molecular weight excluding hydrogens is 386 g/mol. The Balaban J connectivity index is 1.40. The van der Waals surface area contributed by atoms with Crippen molar-refractivity contribution in [2.24, 2.45) is 5.92 Å². The highest BCUT2D eigenvalue weighted by atomic mass is 16.5. The second kappa shape index (κ2) is 9.38. The molecule has 31 heavy (non-hydrogen) atoms. The Morgan fingerprint density at radius 1 is 1.13 bits per heavy atom. The molecular formula is C26H31N3O2. The van der Waals surface area contributed by atoms with E-state index >= 15 is 0 Å². The van der Waals surface area contributed by atoms with Crippen molar-refractivity contribution < 1.29 is 9.53 Å². The molecule has 5 nitrogen and oxygen atoms in total. The van der Waals surface area contributed by atoms with E-state index in [1.807, 2.05) is 43.6 Å². The zero-order valence-electron chi connectivity index (χ0n) is 18.5. The van der Waals surface area contributed by atoms with E-state index in [0.29, 0.717) is 17.4 Å². The van der Waals surface area contributed by atoms with Gasteiger partial charge in [-0.2, -0.15) is 0 Å². The first kappa shape index (κ1) is 21.2. The number of aryl methyl sites for hydroxylation is 1.